The van der Waals surface area contributed by atoms with E-state index in [1.807, 2.05) is 0 Å². The lowest BCUT2D eigenvalue weighted by Crippen LogP contribution is -2.43. The summed E-state index contributed by atoms with van der Waals surface area (Å²) >= 11 is 5.81. The van der Waals surface area contributed by atoms with Crippen LogP contribution in [-0.4, -0.2) is 58.5 Å². The van der Waals surface area contributed by atoms with E-state index in [0.717, 1.165) is 0 Å². The predicted molar refractivity (Wildman–Crippen MR) is 114 cm³/mol. The highest BCUT2D eigenvalue weighted by Gasteiger charge is 2.36. The van der Waals surface area contributed by atoms with Crippen LogP contribution >= 0.6 is 11.6 Å². The number of carboxylic acids is 1. The summed E-state index contributed by atoms with van der Waals surface area (Å²) in [5.74, 6) is -2.00. The number of nitrogens with zero attached hydrogens (tertiary/aromatic N) is 2. The molecule has 1 aromatic heterocycles. The van der Waals surface area contributed by atoms with Crippen LogP contribution in [0.5, 0.6) is 5.88 Å². The lowest BCUT2D eigenvalue weighted by molar-refractivity contribution is -0.0127. The summed E-state index contributed by atoms with van der Waals surface area (Å²) < 4.78 is 31.5. The van der Waals surface area contributed by atoms with Gasteiger partial charge in [0.1, 0.15) is 29.2 Å². The number of rotatable bonds is 4. The van der Waals surface area contributed by atoms with Crippen molar-refractivity contribution in [3.63, 3.8) is 0 Å². The van der Waals surface area contributed by atoms with Crippen molar-refractivity contribution in [3.05, 3.63) is 58.5 Å². The summed E-state index contributed by atoms with van der Waals surface area (Å²) in [6.07, 6.45) is -0.907. The van der Waals surface area contributed by atoms with Crippen molar-refractivity contribution in [2.45, 2.75) is 38.6 Å². The SMILES string of the molecule is CC(C)(C)OC(=O)N1CCO[C@@H](c2ccc(Cl)c(F)c2)[C@H](Oc2ncccc2C(=O)O)C1. The fourth-order valence-corrected chi connectivity index (χ4v) is 3.30. The molecule has 1 saturated heterocycles. The van der Waals surface area contributed by atoms with E-state index in [9.17, 15) is 19.1 Å². The first kappa shape index (κ1) is 23.7. The number of pyridine rings is 1. The van der Waals surface area contributed by atoms with E-state index in [1.54, 1.807) is 26.8 Å². The minimum atomic E-state index is -1.22. The van der Waals surface area contributed by atoms with Crippen LogP contribution in [0.3, 0.4) is 0 Å². The lowest BCUT2D eigenvalue weighted by Gasteiger charge is -2.30. The van der Waals surface area contributed by atoms with Crippen molar-refractivity contribution in [2.24, 2.45) is 0 Å². The Morgan fingerprint density at radius 3 is 2.72 bits per heavy atom. The van der Waals surface area contributed by atoms with Gasteiger partial charge in [-0.15, -0.1) is 0 Å². The fraction of sp³-hybridized carbons (Fsp3) is 0.409. The number of hydrogen-bond donors (Lipinski definition) is 1. The molecule has 1 N–H and O–H groups in total. The highest BCUT2D eigenvalue weighted by molar-refractivity contribution is 6.30. The van der Waals surface area contributed by atoms with Crippen molar-refractivity contribution < 1.29 is 33.3 Å². The van der Waals surface area contributed by atoms with Gasteiger partial charge in [-0.3, -0.25) is 0 Å². The largest absolute Gasteiger partial charge is 0.477 e. The average Bonchev–Trinajstić information content (AvgIpc) is 2.92. The van der Waals surface area contributed by atoms with E-state index >= 15 is 0 Å². The number of carbonyl (C=O) groups excluding carboxylic acids is 1. The van der Waals surface area contributed by atoms with Gasteiger partial charge >= 0.3 is 12.1 Å². The van der Waals surface area contributed by atoms with Crippen LogP contribution in [0.1, 0.15) is 42.8 Å². The average molecular weight is 467 g/mol. The zero-order valence-electron chi connectivity index (χ0n) is 17.9. The Balaban J connectivity index is 1.96. The van der Waals surface area contributed by atoms with Crippen molar-refractivity contribution in [2.75, 3.05) is 19.7 Å². The first-order valence-corrected chi connectivity index (χ1v) is 10.3. The molecule has 2 atom stereocenters. The summed E-state index contributed by atoms with van der Waals surface area (Å²) in [7, 11) is 0. The molecule has 32 heavy (non-hydrogen) atoms. The Morgan fingerprint density at radius 1 is 1.31 bits per heavy atom. The van der Waals surface area contributed by atoms with E-state index < -0.39 is 35.7 Å². The van der Waals surface area contributed by atoms with Gasteiger partial charge in [0.25, 0.3) is 0 Å². The minimum absolute atomic E-state index is 0.000537. The number of halogens is 2. The third kappa shape index (κ3) is 5.86. The Morgan fingerprint density at radius 2 is 2.06 bits per heavy atom. The van der Waals surface area contributed by atoms with Gasteiger partial charge < -0.3 is 24.2 Å². The topological polar surface area (TPSA) is 98.2 Å². The molecule has 1 aliphatic rings. The van der Waals surface area contributed by atoms with E-state index in [0.29, 0.717) is 5.56 Å². The summed E-state index contributed by atoms with van der Waals surface area (Å²) in [4.78, 5) is 29.7. The molecular weight excluding hydrogens is 443 g/mol. The summed E-state index contributed by atoms with van der Waals surface area (Å²) in [5.41, 5.74) is -0.436. The standard InChI is InChI=1S/C22H24ClFN2O6/c1-22(2,3)32-21(29)26-9-10-30-18(13-6-7-15(23)16(24)11-13)17(12-26)31-19-14(20(27)28)5-4-8-25-19/h4-8,11,17-18H,9-10,12H2,1-3H3,(H,27,28)/t17-,18+/m1/s1. The van der Waals surface area contributed by atoms with Crippen molar-refractivity contribution in [1.29, 1.82) is 0 Å². The fourth-order valence-electron chi connectivity index (χ4n) is 3.18. The van der Waals surface area contributed by atoms with Crippen molar-refractivity contribution in [3.8, 4) is 5.88 Å². The molecule has 1 aliphatic heterocycles. The molecule has 2 heterocycles. The van der Waals surface area contributed by atoms with Gasteiger partial charge in [0.05, 0.1) is 18.2 Å². The van der Waals surface area contributed by atoms with Crippen LogP contribution in [0.25, 0.3) is 0 Å². The third-order valence-corrected chi connectivity index (χ3v) is 4.89. The second kappa shape index (κ2) is 9.70. The number of ether oxygens (including phenoxy) is 3. The van der Waals surface area contributed by atoms with Crippen LogP contribution in [0.4, 0.5) is 9.18 Å². The molecule has 10 heteroatoms. The molecule has 0 aliphatic carbocycles. The van der Waals surface area contributed by atoms with Gasteiger partial charge in [-0.1, -0.05) is 17.7 Å². The Labute approximate surface area is 189 Å². The minimum Gasteiger partial charge on any atom is -0.477 e. The zero-order chi connectivity index (χ0) is 23.5. The molecule has 0 saturated carbocycles. The van der Waals surface area contributed by atoms with E-state index in [2.05, 4.69) is 4.98 Å². The molecule has 1 fully saturated rings. The molecule has 8 nitrogen and oxygen atoms in total. The van der Waals surface area contributed by atoms with Crippen molar-refractivity contribution in [1.82, 2.24) is 9.88 Å². The number of aromatic carboxylic acids is 1. The smallest absolute Gasteiger partial charge is 0.410 e. The number of carboxylic acid groups (broad SMARTS) is 1. The monoisotopic (exact) mass is 466 g/mol. The maximum absolute atomic E-state index is 14.1. The van der Waals surface area contributed by atoms with E-state index in [1.165, 1.54) is 35.4 Å². The molecule has 0 radical (unpaired) electrons. The molecule has 0 bridgehead atoms. The van der Waals surface area contributed by atoms with Crippen LogP contribution in [0.15, 0.2) is 36.5 Å². The number of amides is 1. The quantitative estimate of drug-likeness (QED) is 0.716. The maximum atomic E-state index is 14.1. The molecule has 172 valence electrons. The Bertz CT molecular complexity index is 997. The third-order valence-electron chi connectivity index (χ3n) is 4.59. The van der Waals surface area contributed by atoms with Gasteiger partial charge in [-0.05, 0) is 50.6 Å². The van der Waals surface area contributed by atoms with Gasteiger partial charge in [0.2, 0.25) is 5.88 Å². The normalized spacial score (nSPS) is 19.2. The van der Waals surface area contributed by atoms with E-state index in [-0.39, 0.29) is 36.2 Å². The molecule has 1 aromatic carbocycles. The molecule has 1 amide bonds. The van der Waals surface area contributed by atoms with Gasteiger partial charge in [0.15, 0.2) is 0 Å². The van der Waals surface area contributed by atoms with Gasteiger partial charge in [0, 0.05) is 12.7 Å². The molecule has 0 spiro atoms. The Kier molecular flexibility index (Phi) is 7.20. The first-order valence-electron chi connectivity index (χ1n) is 9.94. The van der Waals surface area contributed by atoms with Crippen LogP contribution in [0.2, 0.25) is 5.02 Å². The number of benzene rings is 1. The van der Waals surface area contributed by atoms with E-state index in [4.69, 9.17) is 25.8 Å². The van der Waals surface area contributed by atoms with Crippen LogP contribution < -0.4 is 4.74 Å². The van der Waals surface area contributed by atoms with Gasteiger partial charge in [-0.2, -0.15) is 0 Å². The van der Waals surface area contributed by atoms with Crippen LogP contribution in [-0.2, 0) is 9.47 Å². The summed E-state index contributed by atoms with van der Waals surface area (Å²) in [6.45, 7) is 5.58. The molecular formula is C22H24ClFN2O6. The zero-order valence-corrected chi connectivity index (χ0v) is 18.6. The van der Waals surface area contributed by atoms with Crippen molar-refractivity contribution >= 4 is 23.7 Å². The highest BCUT2D eigenvalue weighted by atomic mass is 35.5. The highest BCUT2D eigenvalue weighted by Crippen LogP contribution is 2.31. The molecule has 0 unspecified atom stereocenters. The second-order valence-corrected chi connectivity index (χ2v) is 8.62. The maximum Gasteiger partial charge on any atom is 0.410 e. The Hall–Kier alpha value is -2.91. The number of hydrogen-bond acceptors (Lipinski definition) is 6. The van der Waals surface area contributed by atoms with Gasteiger partial charge in [-0.25, -0.2) is 19.0 Å². The number of aromatic nitrogens is 1. The second-order valence-electron chi connectivity index (χ2n) is 8.21. The summed E-state index contributed by atoms with van der Waals surface area (Å²) in [6, 6.07) is 7.03. The first-order chi connectivity index (χ1) is 15.0. The predicted octanol–water partition coefficient (Wildman–Crippen LogP) is 4.33. The molecule has 2 aromatic rings. The summed E-state index contributed by atoms with van der Waals surface area (Å²) in [5, 5.41) is 9.42. The number of carbonyl (C=O) groups is 2. The molecule has 3 rings (SSSR count). The van der Waals surface area contributed by atoms with Crippen LogP contribution in [0, 0.1) is 5.82 Å². The lowest BCUT2D eigenvalue weighted by atomic mass is 10.0.